The lowest BCUT2D eigenvalue weighted by atomic mass is 10.1. The van der Waals surface area contributed by atoms with Gasteiger partial charge in [0.1, 0.15) is 5.60 Å². The largest absolute Gasteiger partial charge is 0.444 e. The van der Waals surface area contributed by atoms with Gasteiger partial charge in [-0.05, 0) is 44.4 Å². The van der Waals surface area contributed by atoms with Gasteiger partial charge in [0.05, 0.1) is 6.54 Å². The monoisotopic (exact) mass is 248 g/mol. The predicted molar refractivity (Wildman–Crippen MR) is 69.1 cm³/mol. The van der Waals surface area contributed by atoms with Gasteiger partial charge < -0.3 is 4.74 Å². The lowest BCUT2D eigenvalue weighted by molar-refractivity contribution is 0.0242. The van der Waals surface area contributed by atoms with Gasteiger partial charge in [0, 0.05) is 18.4 Å². The van der Waals surface area contributed by atoms with Gasteiger partial charge in [0.15, 0.2) is 0 Å². The molecule has 1 aliphatic heterocycles. The SMILES string of the molecule is CCc1cc2c(cn1)CN(C(=O)OC(C)(C)C)C2. The van der Waals surface area contributed by atoms with Gasteiger partial charge in [-0.2, -0.15) is 0 Å². The highest BCUT2D eigenvalue weighted by Gasteiger charge is 2.27. The standard InChI is InChI=1S/C14H20N2O2/c1-5-12-6-10-8-16(9-11(10)7-15-12)13(17)18-14(2,3)4/h6-7H,5,8-9H2,1-4H3. The van der Waals surface area contributed by atoms with Crippen LogP contribution in [0.3, 0.4) is 0 Å². The highest BCUT2D eigenvalue weighted by Crippen LogP contribution is 2.24. The molecule has 1 aliphatic rings. The second kappa shape index (κ2) is 4.59. The van der Waals surface area contributed by atoms with E-state index in [4.69, 9.17) is 4.74 Å². The summed E-state index contributed by atoms with van der Waals surface area (Å²) in [5.41, 5.74) is 2.93. The van der Waals surface area contributed by atoms with E-state index in [0.717, 1.165) is 17.7 Å². The third-order valence-electron chi connectivity index (χ3n) is 2.88. The first-order chi connectivity index (χ1) is 8.39. The average molecular weight is 248 g/mol. The van der Waals surface area contributed by atoms with Crippen LogP contribution in [0.2, 0.25) is 0 Å². The van der Waals surface area contributed by atoms with E-state index >= 15 is 0 Å². The molecule has 0 saturated carbocycles. The fourth-order valence-corrected chi connectivity index (χ4v) is 1.98. The summed E-state index contributed by atoms with van der Waals surface area (Å²) in [7, 11) is 0. The molecule has 0 atom stereocenters. The molecule has 0 aliphatic carbocycles. The molecule has 18 heavy (non-hydrogen) atoms. The van der Waals surface area contributed by atoms with Crippen molar-refractivity contribution in [2.45, 2.75) is 52.8 Å². The molecule has 2 rings (SSSR count). The Hall–Kier alpha value is -1.58. The quantitative estimate of drug-likeness (QED) is 0.767. The first kappa shape index (κ1) is 12.9. The lowest BCUT2D eigenvalue weighted by Crippen LogP contribution is -2.33. The summed E-state index contributed by atoms with van der Waals surface area (Å²) in [6, 6.07) is 2.08. The maximum absolute atomic E-state index is 12.0. The summed E-state index contributed by atoms with van der Waals surface area (Å²) in [6.45, 7) is 8.94. The van der Waals surface area contributed by atoms with E-state index in [9.17, 15) is 4.79 Å². The Morgan fingerprint density at radius 1 is 1.39 bits per heavy atom. The molecular formula is C14H20N2O2. The van der Waals surface area contributed by atoms with Crippen molar-refractivity contribution in [2.75, 3.05) is 0 Å². The number of hydrogen-bond acceptors (Lipinski definition) is 3. The number of fused-ring (bicyclic) bond motifs is 1. The first-order valence-corrected chi connectivity index (χ1v) is 6.33. The maximum Gasteiger partial charge on any atom is 0.410 e. The molecule has 0 spiro atoms. The molecular weight excluding hydrogens is 228 g/mol. The van der Waals surface area contributed by atoms with Crippen LogP contribution in [-0.2, 0) is 24.2 Å². The van der Waals surface area contributed by atoms with Crippen LogP contribution in [0.15, 0.2) is 12.3 Å². The third kappa shape index (κ3) is 2.81. The van der Waals surface area contributed by atoms with Gasteiger partial charge in [-0.1, -0.05) is 6.92 Å². The van der Waals surface area contributed by atoms with Gasteiger partial charge in [-0.15, -0.1) is 0 Å². The van der Waals surface area contributed by atoms with Gasteiger partial charge in [0.25, 0.3) is 0 Å². The molecule has 4 heteroatoms. The molecule has 1 aromatic rings. The molecule has 0 fully saturated rings. The van der Waals surface area contributed by atoms with E-state index in [2.05, 4.69) is 18.0 Å². The molecule has 0 radical (unpaired) electrons. The minimum atomic E-state index is -0.446. The van der Waals surface area contributed by atoms with Crippen LogP contribution in [0.25, 0.3) is 0 Å². The molecule has 98 valence electrons. The van der Waals surface area contributed by atoms with E-state index in [-0.39, 0.29) is 6.09 Å². The zero-order valence-electron chi connectivity index (χ0n) is 11.5. The molecule has 0 bridgehead atoms. The number of aromatic nitrogens is 1. The Morgan fingerprint density at radius 2 is 2.06 bits per heavy atom. The number of hydrogen-bond donors (Lipinski definition) is 0. The normalized spacial score (nSPS) is 14.6. The number of ether oxygens (including phenoxy) is 1. The van der Waals surface area contributed by atoms with Crippen molar-refractivity contribution in [3.8, 4) is 0 Å². The van der Waals surface area contributed by atoms with Crippen molar-refractivity contribution >= 4 is 6.09 Å². The van der Waals surface area contributed by atoms with E-state index in [1.54, 1.807) is 4.90 Å². The summed E-state index contributed by atoms with van der Waals surface area (Å²) < 4.78 is 5.38. The van der Waals surface area contributed by atoms with Gasteiger partial charge in [0.2, 0.25) is 0 Å². The number of rotatable bonds is 1. The lowest BCUT2D eigenvalue weighted by Gasteiger charge is -2.24. The van der Waals surface area contributed by atoms with Crippen molar-refractivity contribution in [2.24, 2.45) is 0 Å². The number of nitrogens with zero attached hydrogens (tertiary/aromatic N) is 2. The van der Waals surface area contributed by atoms with Gasteiger partial charge in [-0.25, -0.2) is 4.79 Å². The molecule has 2 heterocycles. The zero-order valence-corrected chi connectivity index (χ0v) is 11.5. The van der Waals surface area contributed by atoms with Gasteiger partial charge >= 0.3 is 6.09 Å². The average Bonchev–Trinajstić information content (AvgIpc) is 2.69. The summed E-state index contributed by atoms with van der Waals surface area (Å²) in [5, 5.41) is 0. The van der Waals surface area contributed by atoms with Crippen LogP contribution in [0.5, 0.6) is 0 Å². The smallest absolute Gasteiger partial charge is 0.410 e. The number of aryl methyl sites for hydroxylation is 1. The van der Waals surface area contributed by atoms with E-state index in [1.165, 1.54) is 5.56 Å². The molecule has 4 nitrogen and oxygen atoms in total. The molecule has 1 aromatic heterocycles. The Kier molecular flexibility index (Phi) is 3.28. The summed E-state index contributed by atoms with van der Waals surface area (Å²) in [4.78, 5) is 18.0. The van der Waals surface area contributed by atoms with Crippen LogP contribution >= 0.6 is 0 Å². The van der Waals surface area contributed by atoms with Crippen LogP contribution in [0.4, 0.5) is 4.79 Å². The predicted octanol–water partition coefficient (Wildman–Crippen LogP) is 2.89. The Bertz CT molecular complexity index is 463. The van der Waals surface area contributed by atoms with Crippen molar-refractivity contribution in [3.05, 3.63) is 29.1 Å². The molecule has 0 saturated heterocycles. The topological polar surface area (TPSA) is 42.4 Å². The van der Waals surface area contributed by atoms with Crippen LogP contribution in [0.1, 0.15) is 44.5 Å². The van der Waals surface area contributed by atoms with Crippen LogP contribution < -0.4 is 0 Å². The van der Waals surface area contributed by atoms with Crippen molar-refractivity contribution in [3.63, 3.8) is 0 Å². The van der Waals surface area contributed by atoms with E-state index < -0.39 is 5.60 Å². The first-order valence-electron chi connectivity index (χ1n) is 6.33. The molecule has 1 amide bonds. The number of pyridine rings is 1. The van der Waals surface area contributed by atoms with Crippen LogP contribution in [-0.4, -0.2) is 21.6 Å². The Balaban J connectivity index is 2.08. The zero-order chi connectivity index (χ0) is 13.3. The highest BCUT2D eigenvalue weighted by atomic mass is 16.6. The van der Waals surface area contributed by atoms with Gasteiger partial charge in [-0.3, -0.25) is 9.88 Å². The van der Waals surface area contributed by atoms with E-state index in [0.29, 0.717) is 13.1 Å². The van der Waals surface area contributed by atoms with Crippen LogP contribution in [0, 0.1) is 0 Å². The maximum atomic E-state index is 12.0. The molecule has 0 N–H and O–H groups in total. The highest BCUT2D eigenvalue weighted by molar-refractivity contribution is 5.69. The van der Waals surface area contributed by atoms with Crippen molar-refractivity contribution < 1.29 is 9.53 Å². The fraction of sp³-hybridized carbons (Fsp3) is 0.571. The number of carbonyl (C=O) groups excluding carboxylic acids is 1. The summed E-state index contributed by atoms with van der Waals surface area (Å²) >= 11 is 0. The second-order valence-electron chi connectivity index (χ2n) is 5.63. The minimum Gasteiger partial charge on any atom is -0.444 e. The molecule has 0 aromatic carbocycles. The second-order valence-corrected chi connectivity index (χ2v) is 5.63. The summed E-state index contributed by atoms with van der Waals surface area (Å²) in [5.74, 6) is 0. The van der Waals surface area contributed by atoms with Crippen molar-refractivity contribution in [1.82, 2.24) is 9.88 Å². The number of amides is 1. The Morgan fingerprint density at radius 3 is 2.67 bits per heavy atom. The van der Waals surface area contributed by atoms with Crippen molar-refractivity contribution in [1.29, 1.82) is 0 Å². The van der Waals surface area contributed by atoms with E-state index in [1.807, 2.05) is 27.0 Å². The third-order valence-corrected chi connectivity index (χ3v) is 2.88. The molecule has 0 unspecified atom stereocenters. The Labute approximate surface area is 108 Å². The fourth-order valence-electron chi connectivity index (χ4n) is 1.98. The summed E-state index contributed by atoms with van der Waals surface area (Å²) in [6.07, 6.45) is 2.54. The minimum absolute atomic E-state index is 0.253. The number of carbonyl (C=O) groups is 1.